The molecule has 0 saturated heterocycles. The maximum absolute atomic E-state index is 5.37. The number of rotatable bonds is 3. The van der Waals surface area contributed by atoms with E-state index >= 15 is 0 Å². The van der Waals surface area contributed by atoms with E-state index in [0.29, 0.717) is 0 Å². The van der Waals surface area contributed by atoms with Crippen molar-refractivity contribution in [2.75, 3.05) is 5.75 Å². The van der Waals surface area contributed by atoms with Crippen LogP contribution in [0.4, 0.5) is 0 Å². The minimum Gasteiger partial charge on any atom is -0.404 e. The Morgan fingerprint density at radius 3 is 3.08 bits per heavy atom. The standard InChI is InChI=1S/C10H15NS/c1-9(7-11)12-8-10-5-3-2-4-6-10/h3,5-7H,2,4,8,11H2,1H3/b9-7-. The van der Waals surface area contributed by atoms with Crippen LogP contribution in [0.3, 0.4) is 0 Å². The van der Waals surface area contributed by atoms with Gasteiger partial charge in [-0.25, -0.2) is 0 Å². The van der Waals surface area contributed by atoms with Crippen molar-refractivity contribution in [3.8, 4) is 0 Å². The van der Waals surface area contributed by atoms with E-state index in [1.165, 1.54) is 23.3 Å². The molecule has 0 aromatic rings. The van der Waals surface area contributed by atoms with Gasteiger partial charge in [0.15, 0.2) is 0 Å². The van der Waals surface area contributed by atoms with Gasteiger partial charge in [-0.1, -0.05) is 18.2 Å². The lowest BCUT2D eigenvalue weighted by Crippen LogP contribution is -1.89. The predicted octanol–water partition coefficient (Wildman–Crippen LogP) is 2.82. The Balaban J connectivity index is 2.32. The number of thioether (sulfide) groups is 1. The van der Waals surface area contributed by atoms with Gasteiger partial charge in [0.1, 0.15) is 0 Å². The van der Waals surface area contributed by atoms with E-state index in [1.807, 2.05) is 6.92 Å². The molecule has 12 heavy (non-hydrogen) atoms. The van der Waals surface area contributed by atoms with Gasteiger partial charge in [-0.05, 0) is 30.2 Å². The summed E-state index contributed by atoms with van der Waals surface area (Å²) in [6, 6.07) is 0. The molecule has 0 spiro atoms. The van der Waals surface area contributed by atoms with E-state index in [1.54, 1.807) is 18.0 Å². The Bertz CT molecular complexity index is 226. The lowest BCUT2D eigenvalue weighted by Gasteiger charge is -2.05. The highest BCUT2D eigenvalue weighted by atomic mass is 32.2. The van der Waals surface area contributed by atoms with E-state index in [9.17, 15) is 0 Å². The van der Waals surface area contributed by atoms with Crippen LogP contribution in [0.15, 0.2) is 34.9 Å². The zero-order valence-corrected chi connectivity index (χ0v) is 8.23. The molecule has 2 heteroatoms. The molecule has 1 nitrogen and oxygen atoms in total. The third-order valence-electron chi connectivity index (χ3n) is 1.77. The molecule has 1 aliphatic rings. The van der Waals surface area contributed by atoms with Crippen molar-refractivity contribution in [1.29, 1.82) is 0 Å². The first kappa shape index (κ1) is 9.46. The summed E-state index contributed by atoms with van der Waals surface area (Å²) in [5, 5.41) is 0. The molecule has 0 aromatic heterocycles. The Kier molecular flexibility index (Phi) is 4.01. The van der Waals surface area contributed by atoms with Crippen LogP contribution in [0.1, 0.15) is 19.8 Å². The second-order valence-electron chi connectivity index (χ2n) is 2.82. The number of nitrogens with two attached hydrogens (primary N) is 1. The van der Waals surface area contributed by atoms with Crippen molar-refractivity contribution in [3.05, 3.63) is 34.9 Å². The fraction of sp³-hybridized carbons (Fsp3) is 0.400. The smallest absolute Gasteiger partial charge is 0.0225 e. The van der Waals surface area contributed by atoms with E-state index in [4.69, 9.17) is 5.73 Å². The Morgan fingerprint density at radius 2 is 2.50 bits per heavy atom. The molecule has 0 unspecified atom stereocenters. The predicted molar refractivity (Wildman–Crippen MR) is 56.9 cm³/mol. The number of allylic oxidation sites excluding steroid dienone is 4. The van der Waals surface area contributed by atoms with Crippen LogP contribution < -0.4 is 5.73 Å². The molecule has 0 aromatic carbocycles. The van der Waals surface area contributed by atoms with E-state index in [0.717, 1.165) is 5.75 Å². The molecule has 2 N–H and O–H groups in total. The summed E-state index contributed by atoms with van der Waals surface area (Å²) in [7, 11) is 0. The summed E-state index contributed by atoms with van der Waals surface area (Å²) >= 11 is 1.80. The zero-order valence-electron chi connectivity index (χ0n) is 7.42. The lowest BCUT2D eigenvalue weighted by atomic mass is 10.1. The number of hydrogen-bond donors (Lipinski definition) is 1. The highest BCUT2D eigenvalue weighted by Gasteiger charge is 1.97. The lowest BCUT2D eigenvalue weighted by molar-refractivity contribution is 1.02. The molecule has 0 fully saturated rings. The summed E-state index contributed by atoms with van der Waals surface area (Å²) in [5.74, 6) is 1.05. The fourth-order valence-electron chi connectivity index (χ4n) is 1.02. The van der Waals surface area contributed by atoms with Gasteiger partial charge >= 0.3 is 0 Å². The minimum atomic E-state index is 1.05. The van der Waals surface area contributed by atoms with Crippen molar-refractivity contribution in [2.45, 2.75) is 19.8 Å². The largest absolute Gasteiger partial charge is 0.404 e. The van der Waals surface area contributed by atoms with Crippen LogP contribution in [0.25, 0.3) is 0 Å². The third-order valence-corrected chi connectivity index (χ3v) is 2.84. The quantitative estimate of drug-likeness (QED) is 0.724. The van der Waals surface area contributed by atoms with Gasteiger partial charge in [-0.2, -0.15) is 0 Å². The molecule has 0 aliphatic heterocycles. The minimum absolute atomic E-state index is 1.05. The van der Waals surface area contributed by atoms with Gasteiger partial charge in [0.2, 0.25) is 0 Å². The van der Waals surface area contributed by atoms with E-state index in [2.05, 4.69) is 18.2 Å². The Hall–Kier alpha value is -0.630. The van der Waals surface area contributed by atoms with E-state index in [-0.39, 0.29) is 0 Å². The fourth-order valence-corrected chi connectivity index (χ4v) is 1.72. The van der Waals surface area contributed by atoms with Gasteiger partial charge in [-0.15, -0.1) is 11.8 Å². The highest BCUT2D eigenvalue weighted by molar-refractivity contribution is 8.03. The van der Waals surface area contributed by atoms with E-state index < -0.39 is 0 Å². The average molecular weight is 181 g/mol. The zero-order chi connectivity index (χ0) is 8.81. The maximum Gasteiger partial charge on any atom is 0.0225 e. The molecular formula is C10H15NS. The second kappa shape index (κ2) is 5.09. The molecule has 0 heterocycles. The first-order valence-corrected chi connectivity index (χ1v) is 5.18. The molecule has 66 valence electrons. The SMILES string of the molecule is C/C(=C/N)SCC1=CCCC=C1. The van der Waals surface area contributed by atoms with Gasteiger partial charge in [0.05, 0.1) is 0 Å². The molecule has 1 aliphatic carbocycles. The van der Waals surface area contributed by atoms with Crippen LogP contribution >= 0.6 is 11.8 Å². The third kappa shape index (κ3) is 3.18. The van der Waals surface area contributed by atoms with Crippen molar-refractivity contribution in [1.82, 2.24) is 0 Å². The maximum atomic E-state index is 5.37. The topological polar surface area (TPSA) is 26.0 Å². The number of hydrogen-bond acceptors (Lipinski definition) is 2. The van der Waals surface area contributed by atoms with Gasteiger partial charge in [0.25, 0.3) is 0 Å². The Labute approximate surface area is 78.4 Å². The van der Waals surface area contributed by atoms with Crippen LogP contribution in [0.2, 0.25) is 0 Å². The average Bonchev–Trinajstić information content (AvgIpc) is 2.16. The molecule has 0 amide bonds. The monoisotopic (exact) mass is 181 g/mol. The summed E-state index contributed by atoms with van der Waals surface area (Å²) in [4.78, 5) is 1.19. The van der Waals surface area contributed by atoms with Crippen molar-refractivity contribution < 1.29 is 0 Å². The van der Waals surface area contributed by atoms with Gasteiger partial charge in [-0.3, -0.25) is 0 Å². The summed E-state index contributed by atoms with van der Waals surface area (Å²) < 4.78 is 0. The van der Waals surface area contributed by atoms with Gasteiger partial charge < -0.3 is 5.73 Å². The van der Waals surface area contributed by atoms with Gasteiger partial charge in [0, 0.05) is 12.0 Å². The summed E-state index contributed by atoms with van der Waals surface area (Å²) in [6.45, 7) is 2.04. The first-order valence-electron chi connectivity index (χ1n) is 4.20. The summed E-state index contributed by atoms with van der Waals surface area (Å²) in [5.41, 5.74) is 6.79. The molecule has 1 rings (SSSR count). The molecule has 0 atom stereocenters. The van der Waals surface area contributed by atoms with Crippen LogP contribution in [0.5, 0.6) is 0 Å². The second-order valence-corrected chi connectivity index (χ2v) is 4.05. The van der Waals surface area contributed by atoms with Crippen molar-refractivity contribution in [3.63, 3.8) is 0 Å². The van der Waals surface area contributed by atoms with Crippen molar-refractivity contribution >= 4 is 11.8 Å². The Morgan fingerprint density at radius 1 is 1.67 bits per heavy atom. The molecule has 0 radical (unpaired) electrons. The van der Waals surface area contributed by atoms with Crippen LogP contribution in [-0.2, 0) is 0 Å². The first-order chi connectivity index (χ1) is 5.83. The highest BCUT2D eigenvalue weighted by Crippen LogP contribution is 2.20. The molecule has 0 saturated carbocycles. The molecule has 0 bridgehead atoms. The van der Waals surface area contributed by atoms with Crippen LogP contribution in [0, 0.1) is 0 Å². The normalized spacial score (nSPS) is 17.8. The summed E-state index contributed by atoms with van der Waals surface area (Å²) in [6.07, 6.45) is 10.8. The van der Waals surface area contributed by atoms with Crippen molar-refractivity contribution in [2.24, 2.45) is 5.73 Å². The van der Waals surface area contributed by atoms with Crippen LogP contribution in [-0.4, -0.2) is 5.75 Å². The molecular weight excluding hydrogens is 166 g/mol.